The molecule has 16 heteroatoms. The summed E-state index contributed by atoms with van der Waals surface area (Å²) in [6, 6.07) is 3.10. The Hall–Kier alpha value is -4.21. The number of aromatic nitrogens is 2. The Morgan fingerprint density at radius 2 is 1.78 bits per heavy atom. The second-order valence-corrected chi connectivity index (χ2v) is 19.2. The zero-order chi connectivity index (χ0) is 39.2. The van der Waals surface area contributed by atoms with Crippen molar-refractivity contribution in [3.05, 3.63) is 24.4 Å². The Labute approximate surface area is 317 Å². The van der Waals surface area contributed by atoms with Crippen LogP contribution in [0.4, 0.5) is 4.79 Å². The van der Waals surface area contributed by atoms with Crippen molar-refractivity contribution in [2.24, 2.45) is 17.8 Å². The first-order chi connectivity index (χ1) is 25.3. The number of methoxy groups -OCH3 is 1. The van der Waals surface area contributed by atoms with Crippen molar-refractivity contribution in [1.82, 2.24) is 30.2 Å². The summed E-state index contributed by atoms with van der Waals surface area (Å²) in [4.78, 5) is 66.6. The summed E-state index contributed by atoms with van der Waals surface area (Å²) in [5, 5.41) is 5.74. The average molecular weight is 771 g/mol. The number of nitrogens with one attached hydrogen (secondary N) is 3. The van der Waals surface area contributed by atoms with Crippen LogP contribution in [0.5, 0.6) is 11.6 Å². The minimum atomic E-state index is -3.97. The highest BCUT2D eigenvalue weighted by atomic mass is 32.2. The lowest BCUT2D eigenvalue weighted by atomic mass is 9.87. The molecule has 4 fully saturated rings. The number of amides is 4. The van der Waals surface area contributed by atoms with Crippen LogP contribution in [-0.4, -0.2) is 94.8 Å². The zero-order valence-electron chi connectivity index (χ0n) is 32.3. The Morgan fingerprint density at radius 1 is 1.06 bits per heavy atom. The lowest BCUT2D eigenvalue weighted by molar-refractivity contribution is -0.142. The van der Waals surface area contributed by atoms with Gasteiger partial charge in [0, 0.05) is 12.5 Å². The van der Waals surface area contributed by atoms with Crippen molar-refractivity contribution in [2.45, 2.75) is 133 Å². The number of fused-ring (bicyclic) bond motifs is 3. The molecule has 7 atom stereocenters. The number of nitrogens with zero attached hydrogens (tertiary/aromatic N) is 3. The lowest BCUT2D eigenvalue weighted by Gasteiger charge is -2.33. The summed E-state index contributed by atoms with van der Waals surface area (Å²) in [6.45, 7) is 10.8. The van der Waals surface area contributed by atoms with Gasteiger partial charge in [-0.25, -0.2) is 23.2 Å². The van der Waals surface area contributed by atoms with E-state index in [-0.39, 0.29) is 43.0 Å². The van der Waals surface area contributed by atoms with E-state index in [9.17, 15) is 27.6 Å². The summed E-state index contributed by atoms with van der Waals surface area (Å²) in [6.07, 6.45) is 4.96. The predicted molar refractivity (Wildman–Crippen MR) is 199 cm³/mol. The maximum atomic E-state index is 14.7. The van der Waals surface area contributed by atoms with Gasteiger partial charge < -0.3 is 29.7 Å². The third kappa shape index (κ3) is 8.52. The quantitative estimate of drug-likeness (QED) is 0.369. The molecule has 296 valence electrons. The number of ether oxygens (including phenoxy) is 3. The molecule has 3 N–H and O–H groups in total. The van der Waals surface area contributed by atoms with Gasteiger partial charge in [-0.05, 0) is 89.7 Å². The number of carbonyl (C=O) groups is 4. The predicted octanol–water partition coefficient (Wildman–Crippen LogP) is 3.99. The van der Waals surface area contributed by atoms with Gasteiger partial charge in [-0.15, -0.1) is 0 Å². The van der Waals surface area contributed by atoms with Gasteiger partial charge in [0.2, 0.25) is 27.7 Å². The molecular weight excluding hydrogens is 717 g/mol. The topological polar surface area (TPSA) is 195 Å². The van der Waals surface area contributed by atoms with Crippen LogP contribution >= 0.6 is 0 Å². The van der Waals surface area contributed by atoms with Crippen LogP contribution in [0.1, 0.15) is 99.3 Å². The van der Waals surface area contributed by atoms with Crippen LogP contribution in [0.25, 0.3) is 11.0 Å². The molecule has 4 aliphatic rings. The summed E-state index contributed by atoms with van der Waals surface area (Å²) < 4.78 is 44.7. The fraction of sp³-hybridized carbons (Fsp3) is 0.684. The van der Waals surface area contributed by atoms with Crippen LogP contribution in [0.3, 0.4) is 0 Å². The molecule has 1 aromatic heterocycles. The van der Waals surface area contributed by atoms with Gasteiger partial charge in [0.15, 0.2) is 0 Å². The molecule has 6 rings (SSSR count). The Morgan fingerprint density at radius 3 is 2.46 bits per heavy atom. The number of sulfonamides is 1. The highest BCUT2D eigenvalue weighted by molar-refractivity contribution is 7.91. The Kier molecular flexibility index (Phi) is 10.8. The molecule has 4 amide bonds. The van der Waals surface area contributed by atoms with E-state index >= 15 is 0 Å². The second kappa shape index (κ2) is 14.8. The molecule has 0 spiro atoms. The third-order valence-corrected chi connectivity index (χ3v) is 13.5. The molecule has 3 heterocycles. The molecule has 54 heavy (non-hydrogen) atoms. The molecule has 2 aliphatic heterocycles. The van der Waals surface area contributed by atoms with Crippen molar-refractivity contribution < 1.29 is 41.8 Å². The van der Waals surface area contributed by atoms with Crippen LogP contribution in [0.15, 0.2) is 24.4 Å². The average Bonchev–Trinajstić information content (AvgIpc) is 3.97. The standard InChI is InChI=1S/C38H54N6O9S/c1-22-10-8-9-11-24-19-38(24,34(47)43-54(49,50)37(6)14-15-37)42-32(45)29-18-26(52-30-20-39-28-17-25(51-7)12-13-27(28)40-30)21-44(29)33(46)31(23(2)16-22)41-35(48)53-36(3,4)5/h12-13,17,20,22-24,26,29,31H,8-11,14-16,18-19,21H2,1-7H3,(H,41,48)(H,42,45)(H,43,47)/t22-,23-,24-,26-,29+,31+,38-/m1/s1. The van der Waals surface area contributed by atoms with Crippen LogP contribution < -0.4 is 24.8 Å². The Bertz CT molecular complexity index is 1900. The zero-order valence-corrected chi connectivity index (χ0v) is 33.1. The normalized spacial score (nSPS) is 30.1. The van der Waals surface area contributed by atoms with Crippen molar-refractivity contribution >= 4 is 44.9 Å². The second-order valence-electron chi connectivity index (χ2n) is 17.0. The van der Waals surface area contributed by atoms with E-state index in [1.807, 2.05) is 6.92 Å². The van der Waals surface area contributed by atoms with Gasteiger partial charge in [-0.2, -0.15) is 0 Å². The maximum absolute atomic E-state index is 14.7. The first-order valence-electron chi connectivity index (χ1n) is 19.0. The van der Waals surface area contributed by atoms with Gasteiger partial charge in [-0.3, -0.25) is 19.1 Å². The van der Waals surface area contributed by atoms with Gasteiger partial charge in [0.1, 0.15) is 35.1 Å². The van der Waals surface area contributed by atoms with E-state index in [1.165, 1.54) is 11.1 Å². The smallest absolute Gasteiger partial charge is 0.408 e. The molecule has 2 saturated heterocycles. The largest absolute Gasteiger partial charge is 0.497 e. The van der Waals surface area contributed by atoms with Crippen molar-refractivity contribution in [2.75, 3.05) is 13.7 Å². The summed E-state index contributed by atoms with van der Waals surface area (Å²) in [5.74, 6) is -1.43. The molecule has 2 aromatic rings. The van der Waals surface area contributed by atoms with Gasteiger partial charge >= 0.3 is 6.09 Å². The molecule has 2 saturated carbocycles. The number of rotatable bonds is 7. The maximum Gasteiger partial charge on any atom is 0.408 e. The fourth-order valence-corrected chi connectivity index (χ4v) is 9.10. The van der Waals surface area contributed by atoms with E-state index in [1.54, 1.807) is 53.0 Å². The summed E-state index contributed by atoms with van der Waals surface area (Å²) in [7, 11) is -2.41. The fourth-order valence-electron chi connectivity index (χ4n) is 7.79. The highest BCUT2D eigenvalue weighted by Gasteiger charge is 2.63. The first kappa shape index (κ1) is 39.5. The number of hydrogen-bond acceptors (Lipinski definition) is 11. The number of alkyl carbamates (subject to hydrolysis) is 1. The van der Waals surface area contributed by atoms with E-state index in [0.717, 1.165) is 19.3 Å². The van der Waals surface area contributed by atoms with E-state index < -0.39 is 67.9 Å². The van der Waals surface area contributed by atoms with Crippen LogP contribution in [-0.2, 0) is 29.1 Å². The monoisotopic (exact) mass is 770 g/mol. The molecule has 0 bridgehead atoms. The SMILES string of the molecule is COc1ccc2nc(O[C@@H]3C[C@H]4C(=O)N[C@]5(C(=O)NS(=O)(=O)C6(C)CC6)C[C@H]5CCCC[C@@H](C)C[C@@H](C)[C@H](NC(=O)OC(C)(C)C)C(=O)N4C3)cnc2c1. The summed E-state index contributed by atoms with van der Waals surface area (Å²) in [5.41, 5.74) is -1.11. The number of carbonyl (C=O) groups excluding carboxylic acids is 4. The summed E-state index contributed by atoms with van der Waals surface area (Å²) >= 11 is 0. The minimum absolute atomic E-state index is 0.0244. The van der Waals surface area contributed by atoms with Crippen LogP contribution in [0, 0.1) is 17.8 Å². The molecular formula is C38H54N6O9S. The molecule has 1 aromatic carbocycles. The first-order valence-corrected chi connectivity index (χ1v) is 20.5. The van der Waals surface area contributed by atoms with Gasteiger partial charge in [0.25, 0.3) is 5.91 Å². The molecule has 0 radical (unpaired) electrons. The lowest BCUT2D eigenvalue weighted by Crippen LogP contribution is -2.59. The molecule has 15 nitrogen and oxygen atoms in total. The van der Waals surface area contributed by atoms with Crippen molar-refractivity contribution in [3.8, 4) is 11.6 Å². The third-order valence-electron chi connectivity index (χ3n) is 11.3. The minimum Gasteiger partial charge on any atom is -0.497 e. The van der Waals surface area contributed by atoms with Gasteiger partial charge in [0.05, 0.1) is 35.6 Å². The van der Waals surface area contributed by atoms with E-state index in [4.69, 9.17) is 14.2 Å². The molecule has 2 aliphatic carbocycles. The van der Waals surface area contributed by atoms with Gasteiger partial charge in [-0.1, -0.05) is 33.1 Å². The number of benzene rings is 1. The Balaban J connectivity index is 1.32. The van der Waals surface area contributed by atoms with Crippen molar-refractivity contribution in [1.29, 1.82) is 0 Å². The highest BCUT2D eigenvalue weighted by Crippen LogP contribution is 2.49. The molecule has 0 unspecified atom stereocenters. The van der Waals surface area contributed by atoms with Crippen molar-refractivity contribution in [3.63, 3.8) is 0 Å². The van der Waals surface area contributed by atoms with E-state index in [2.05, 4.69) is 32.2 Å². The van der Waals surface area contributed by atoms with E-state index in [0.29, 0.717) is 42.5 Å². The number of hydrogen-bond donors (Lipinski definition) is 3. The van der Waals surface area contributed by atoms with Crippen LogP contribution in [0.2, 0.25) is 0 Å².